The minimum atomic E-state index is -0.197. The van der Waals surface area contributed by atoms with Crippen LogP contribution in [-0.2, 0) is 0 Å². The van der Waals surface area contributed by atoms with Gasteiger partial charge in [0.15, 0.2) is 0 Å². The van der Waals surface area contributed by atoms with Crippen LogP contribution in [0.5, 0.6) is 0 Å². The van der Waals surface area contributed by atoms with E-state index in [9.17, 15) is 4.39 Å². The summed E-state index contributed by atoms with van der Waals surface area (Å²) in [6.45, 7) is 2.78. The molecule has 0 unspecified atom stereocenters. The second-order valence-electron chi connectivity index (χ2n) is 7.01. The van der Waals surface area contributed by atoms with Crippen molar-refractivity contribution in [3.8, 4) is 0 Å². The molecule has 0 aromatic heterocycles. The standard InChI is InChI=1S/C22H26FN5S/c23-20-2-1-3-21(11-20)29-28-8-6-16(7-9-28)15-27-22-5-4-17(10-18(22)12-24)19(13-25)14-26/h1-5,10-14,16,24-25,27H,6-9,15,26H2/b19-14+,24-12?,25-13?. The zero-order chi connectivity index (χ0) is 20.6. The van der Waals surface area contributed by atoms with Gasteiger partial charge in [-0.25, -0.2) is 8.70 Å². The van der Waals surface area contributed by atoms with Gasteiger partial charge in [0.05, 0.1) is 0 Å². The smallest absolute Gasteiger partial charge is 0.124 e. The maximum Gasteiger partial charge on any atom is 0.124 e. The molecule has 0 aliphatic carbocycles. The van der Waals surface area contributed by atoms with Gasteiger partial charge in [-0.3, -0.25) is 0 Å². The molecule has 5 nitrogen and oxygen atoms in total. The van der Waals surface area contributed by atoms with Crippen molar-refractivity contribution in [1.82, 2.24) is 4.31 Å². The van der Waals surface area contributed by atoms with Gasteiger partial charge >= 0.3 is 0 Å². The zero-order valence-corrected chi connectivity index (χ0v) is 17.0. The zero-order valence-electron chi connectivity index (χ0n) is 16.2. The van der Waals surface area contributed by atoms with Crippen LogP contribution in [0.4, 0.5) is 10.1 Å². The van der Waals surface area contributed by atoms with Crippen molar-refractivity contribution in [2.75, 3.05) is 25.0 Å². The Morgan fingerprint density at radius 2 is 2.00 bits per heavy atom. The molecule has 0 radical (unpaired) electrons. The van der Waals surface area contributed by atoms with E-state index in [2.05, 4.69) is 9.62 Å². The fraction of sp³-hybridized carbons (Fsp3) is 0.273. The van der Waals surface area contributed by atoms with Crippen LogP contribution in [0.15, 0.2) is 53.6 Å². The van der Waals surface area contributed by atoms with E-state index in [1.807, 2.05) is 24.3 Å². The Balaban J connectivity index is 1.52. The molecular formula is C22H26FN5S. The first-order chi connectivity index (χ1) is 14.1. The van der Waals surface area contributed by atoms with E-state index >= 15 is 0 Å². The number of piperidine rings is 1. The summed E-state index contributed by atoms with van der Waals surface area (Å²) >= 11 is 1.62. The van der Waals surface area contributed by atoms with Crippen molar-refractivity contribution < 1.29 is 4.39 Å². The Kier molecular flexibility index (Phi) is 7.43. The number of nitrogens with two attached hydrogens (primary N) is 1. The van der Waals surface area contributed by atoms with Crippen molar-refractivity contribution in [1.29, 1.82) is 10.8 Å². The van der Waals surface area contributed by atoms with Crippen molar-refractivity contribution in [3.63, 3.8) is 0 Å². The van der Waals surface area contributed by atoms with Crippen molar-refractivity contribution in [2.45, 2.75) is 17.7 Å². The highest BCUT2D eigenvalue weighted by Crippen LogP contribution is 2.29. The van der Waals surface area contributed by atoms with E-state index in [1.165, 1.54) is 24.7 Å². The fourth-order valence-corrected chi connectivity index (χ4v) is 4.38. The summed E-state index contributed by atoms with van der Waals surface area (Å²) in [6.07, 6.45) is 6.08. The first-order valence-corrected chi connectivity index (χ1v) is 10.4. The van der Waals surface area contributed by atoms with Gasteiger partial charge in [-0.05, 0) is 66.6 Å². The third-order valence-corrected chi connectivity index (χ3v) is 6.15. The van der Waals surface area contributed by atoms with Crippen LogP contribution in [0.1, 0.15) is 24.0 Å². The summed E-state index contributed by atoms with van der Waals surface area (Å²) in [4.78, 5) is 0.938. The van der Waals surface area contributed by atoms with Crippen LogP contribution >= 0.6 is 11.9 Å². The van der Waals surface area contributed by atoms with Gasteiger partial charge in [0, 0.05) is 60.0 Å². The molecule has 29 heavy (non-hydrogen) atoms. The highest BCUT2D eigenvalue weighted by atomic mass is 32.2. The minimum absolute atomic E-state index is 0.197. The molecule has 2 aromatic rings. The quantitative estimate of drug-likeness (QED) is 0.377. The Morgan fingerprint density at radius 3 is 2.66 bits per heavy atom. The SMILES string of the molecule is N=C/C(=C\N)c1ccc(NCC2CCN(Sc3cccc(F)c3)CC2)c(C=N)c1. The molecule has 0 spiro atoms. The van der Waals surface area contributed by atoms with Gasteiger partial charge in [0.2, 0.25) is 0 Å². The van der Waals surface area contributed by atoms with Crippen LogP contribution in [0, 0.1) is 22.6 Å². The fourth-order valence-electron chi connectivity index (χ4n) is 3.38. The second kappa shape index (κ2) is 10.2. The van der Waals surface area contributed by atoms with Crippen molar-refractivity contribution >= 4 is 35.6 Å². The van der Waals surface area contributed by atoms with Crippen molar-refractivity contribution in [3.05, 3.63) is 65.6 Å². The molecular weight excluding hydrogens is 385 g/mol. The predicted octanol–water partition coefficient (Wildman–Crippen LogP) is 4.60. The van der Waals surface area contributed by atoms with Crippen LogP contribution in [0.3, 0.4) is 0 Å². The predicted molar refractivity (Wildman–Crippen MR) is 120 cm³/mol. The number of allylic oxidation sites excluding steroid dienone is 1. The Hall–Kier alpha value is -2.64. The number of benzene rings is 2. The third-order valence-electron chi connectivity index (χ3n) is 5.06. The van der Waals surface area contributed by atoms with Gasteiger partial charge in [-0.2, -0.15) is 0 Å². The summed E-state index contributed by atoms with van der Waals surface area (Å²) in [5.41, 5.74) is 8.71. The lowest BCUT2D eigenvalue weighted by Crippen LogP contribution is -2.31. The molecule has 1 aliphatic heterocycles. The van der Waals surface area contributed by atoms with E-state index in [4.69, 9.17) is 16.6 Å². The monoisotopic (exact) mass is 411 g/mol. The molecule has 1 saturated heterocycles. The average Bonchev–Trinajstić information content (AvgIpc) is 2.74. The molecule has 3 rings (SSSR count). The number of nitrogens with zero attached hydrogens (tertiary/aromatic N) is 1. The largest absolute Gasteiger partial charge is 0.404 e. The molecule has 0 saturated carbocycles. The van der Waals surface area contributed by atoms with Gasteiger partial charge in [-0.15, -0.1) is 0 Å². The van der Waals surface area contributed by atoms with E-state index in [0.29, 0.717) is 11.5 Å². The molecule has 0 amide bonds. The van der Waals surface area contributed by atoms with Crippen LogP contribution in [-0.4, -0.2) is 36.4 Å². The van der Waals surface area contributed by atoms with Gasteiger partial charge < -0.3 is 21.9 Å². The van der Waals surface area contributed by atoms with Crippen LogP contribution < -0.4 is 11.1 Å². The summed E-state index contributed by atoms with van der Waals surface area (Å²) in [7, 11) is 0. The molecule has 1 fully saturated rings. The summed E-state index contributed by atoms with van der Waals surface area (Å²) in [5, 5.41) is 18.6. The summed E-state index contributed by atoms with van der Waals surface area (Å²) in [6, 6.07) is 12.5. The number of hydrogen-bond donors (Lipinski definition) is 4. The maximum atomic E-state index is 13.3. The van der Waals surface area contributed by atoms with E-state index < -0.39 is 0 Å². The van der Waals surface area contributed by atoms with E-state index in [0.717, 1.165) is 54.2 Å². The number of hydrogen-bond acceptors (Lipinski definition) is 6. The molecule has 5 N–H and O–H groups in total. The van der Waals surface area contributed by atoms with Gasteiger partial charge in [-0.1, -0.05) is 12.1 Å². The topological polar surface area (TPSA) is 89.0 Å². The number of rotatable bonds is 8. The first kappa shape index (κ1) is 21.1. The molecule has 1 heterocycles. The second-order valence-corrected chi connectivity index (χ2v) is 8.19. The number of anilines is 1. The highest BCUT2D eigenvalue weighted by molar-refractivity contribution is 7.97. The van der Waals surface area contributed by atoms with Gasteiger partial charge in [0.25, 0.3) is 0 Å². The normalized spacial score (nSPS) is 15.8. The number of nitrogens with one attached hydrogen (secondary N) is 3. The molecule has 0 atom stereocenters. The first-order valence-electron chi connectivity index (χ1n) is 9.62. The average molecular weight is 412 g/mol. The summed E-state index contributed by atoms with van der Waals surface area (Å²) in [5.74, 6) is 0.357. The van der Waals surface area contributed by atoms with Gasteiger partial charge in [0.1, 0.15) is 5.82 Å². The molecule has 7 heteroatoms. The lowest BCUT2D eigenvalue weighted by molar-refractivity contribution is 0.301. The van der Waals surface area contributed by atoms with E-state index in [-0.39, 0.29) is 5.82 Å². The number of halogens is 1. The molecule has 152 valence electrons. The molecule has 1 aliphatic rings. The minimum Gasteiger partial charge on any atom is -0.404 e. The van der Waals surface area contributed by atoms with Crippen LogP contribution in [0.25, 0.3) is 5.57 Å². The highest BCUT2D eigenvalue weighted by Gasteiger charge is 2.20. The maximum absolute atomic E-state index is 13.3. The summed E-state index contributed by atoms with van der Waals surface area (Å²) < 4.78 is 15.6. The Labute approximate surface area is 175 Å². The lowest BCUT2D eigenvalue weighted by Gasteiger charge is -2.31. The van der Waals surface area contributed by atoms with E-state index in [1.54, 1.807) is 24.1 Å². The Morgan fingerprint density at radius 1 is 1.21 bits per heavy atom. The third kappa shape index (κ3) is 5.68. The lowest BCUT2D eigenvalue weighted by atomic mass is 9.97. The molecule has 2 aromatic carbocycles. The van der Waals surface area contributed by atoms with Crippen LogP contribution in [0.2, 0.25) is 0 Å². The molecule has 0 bridgehead atoms. The Bertz CT molecular complexity index is 891. The van der Waals surface area contributed by atoms with Crippen molar-refractivity contribution in [2.24, 2.45) is 11.7 Å².